The fraction of sp³-hybridized carbons (Fsp3) is 0.406. The second-order valence-corrected chi connectivity index (χ2v) is 13.1. The minimum Gasteiger partial charge on any atom is -0.481 e. The molecule has 2 aliphatic rings. The SMILES string of the molecule is C.CCn1nnc2c(C)c([C@H](CC(=O)O)c3ccc(C)c(CN4C[C@@H]5CCCN5c5ccccc5S4(=O)=O)c3)ccc21.S. The van der Waals surface area contributed by atoms with Gasteiger partial charge < -0.3 is 10.0 Å². The molecule has 4 aromatic rings. The molecule has 0 bridgehead atoms. The molecule has 3 heterocycles. The number of aliphatic carboxylic acids is 1. The van der Waals surface area contributed by atoms with Gasteiger partial charge in [-0.25, -0.2) is 13.1 Å². The molecule has 0 amide bonds. The number of aryl methyl sites for hydroxylation is 3. The Morgan fingerprint density at radius 2 is 1.88 bits per heavy atom. The molecule has 1 saturated heterocycles. The number of carbonyl (C=O) groups is 1. The number of benzene rings is 3. The molecule has 1 fully saturated rings. The van der Waals surface area contributed by atoms with Gasteiger partial charge in [-0.05, 0) is 79.6 Å². The molecule has 43 heavy (non-hydrogen) atoms. The highest BCUT2D eigenvalue weighted by Gasteiger charge is 2.39. The lowest BCUT2D eigenvalue weighted by Crippen LogP contribution is -2.39. The number of nitrogens with zero attached hydrogens (tertiary/aromatic N) is 5. The molecule has 0 saturated carbocycles. The number of para-hydroxylation sites is 1. The van der Waals surface area contributed by atoms with Gasteiger partial charge in [0.05, 0.1) is 17.6 Å². The lowest BCUT2D eigenvalue weighted by molar-refractivity contribution is -0.137. The van der Waals surface area contributed by atoms with E-state index in [9.17, 15) is 18.3 Å². The minimum absolute atomic E-state index is 0. The number of sulfonamides is 1. The Balaban J connectivity index is 0.00000212. The van der Waals surface area contributed by atoms with E-state index in [1.54, 1.807) is 16.4 Å². The van der Waals surface area contributed by atoms with E-state index in [-0.39, 0.29) is 39.9 Å². The number of aromatic nitrogens is 3. The molecule has 0 unspecified atom stereocenters. The molecular weight excluding hydrogens is 583 g/mol. The first kappa shape index (κ1) is 32.5. The first-order chi connectivity index (χ1) is 19.7. The molecule has 9 nitrogen and oxygen atoms in total. The molecular formula is C32H41N5O4S2. The predicted molar refractivity (Wildman–Crippen MR) is 175 cm³/mol. The van der Waals surface area contributed by atoms with Crippen LogP contribution in [0.2, 0.25) is 0 Å². The summed E-state index contributed by atoms with van der Waals surface area (Å²) in [5.41, 5.74) is 6.95. The van der Waals surface area contributed by atoms with E-state index in [0.29, 0.717) is 18.0 Å². The lowest BCUT2D eigenvalue weighted by Gasteiger charge is -2.27. The Labute approximate surface area is 261 Å². The van der Waals surface area contributed by atoms with Crippen LogP contribution >= 0.6 is 13.5 Å². The summed E-state index contributed by atoms with van der Waals surface area (Å²) in [6.45, 7) is 8.14. The summed E-state index contributed by atoms with van der Waals surface area (Å²) < 4.78 is 31.4. The average Bonchev–Trinajstić information content (AvgIpc) is 3.58. The van der Waals surface area contributed by atoms with Gasteiger partial charge in [0.15, 0.2) is 0 Å². The van der Waals surface area contributed by atoms with E-state index in [1.807, 2.05) is 67.9 Å². The molecule has 0 spiro atoms. The van der Waals surface area contributed by atoms with Crippen molar-refractivity contribution in [3.05, 3.63) is 82.4 Å². The molecule has 1 N–H and O–H groups in total. The largest absolute Gasteiger partial charge is 0.481 e. The first-order valence-electron chi connectivity index (χ1n) is 14.2. The van der Waals surface area contributed by atoms with Crippen molar-refractivity contribution in [1.82, 2.24) is 19.3 Å². The van der Waals surface area contributed by atoms with Crippen molar-refractivity contribution >= 4 is 46.2 Å². The molecule has 11 heteroatoms. The number of hydrogen-bond donors (Lipinski definition) is 1. The topological polar surface area (TPSA) is 109 Å². The normalized spacial score (nSPS) is 18.2. The lowest BCUT2D eigenvalue weighted by atomic mass is 9.84. The molecule has 230 valence electrons. The molecule has 0 radical (unpaired) electrons. The number of anilines is 1. The van der Waals surface area contributed by atoms with Crippen LogP contribution in [0.25, 0.3) is 11.0 Å². The van der Waals surface area contributed by atoms with Crippen molar-refractivity contribution in [2.75, 3.05) is 18.0 Å². The Hall–Kier alpha value is -3.41. The van der Waals surface area contributed by atoms with Gasteiger partial charge in [-0.1, -0.05) is 49.0 Å². The number of carboxylic acid groups (broad SMARTS) is 1. The van der Waals surface area contributed by atoms with Crippen LogP contribution in [0.15, 0.2) is 59.5 Å². The predicted octanol–water partition coefficient (Wildman–Crippen LogP) is 5.60. The molecule has 0 aliphatic carbocycles. The highest BCUT2D eigenvalue weighted by Crippen LogP contribution is 2.39. The van der Waals surface area contributed by atoms with Crippen LogP contribution in [0, 0.1) is 13.8 Å². The van der Waals surface area contributed by atoms with E-state index < -0.39 is 21.9 Å². The van der Waals surface area contributed by atoms with Crippen molar-refractivity contribution in [2.24, 2.45) is 0 Å². The van der Waals surface area contributed by atoms with Crippen molar-refractivity contribution < 1.29 is 18.3 Å². The second kappa shape index (κ2) is 12.7. The standard InChI is InChI=1S/C31H35N5O4S.CH4.H2S/c1-4-36-28-14-13-25(21(3)31(28)32-33-36)26(17-30(37)38)22-12-11-20(2)23(16-22)18-34-19-24-8-7-15-35(24)27-9-5-6-10-29(27)41(34,39)40;;/h5-6,9-14,16,24,26H,4,7-8,15,17-19H2,1-3H3,(H,37,38);1H4;1H2/t24-,26+;;/m0../s1. The number of rotatable bonds is 7. The quantitative estimate of drug-likeness (QED) is 0.286. The van der Waals surface area contributed by atoms with Gasteiger partial charge in [-0.15, -0.1) is 5.10 Å². The van der Waals surface area contributed by atoms with Gasteiger partial charge in [-0.3, -0.25) is 4.79 Å². The Morgan fingerprint density at radius 1 is 1.12 bits per heavy atom. The van der Waals surface area contributed by atoms with Crippen LogP contribution < -0.4 is 4.90 Å². The fourth-order valence-electron chi connectivity index (χ4n) is 6.52. The van der Waals surface area contributed by atoms with Crippen LogP contribution in [0.4, 0.5) is 5.69 Å². The van der Waals surface area contributed by atoms with Crippen molar-refractivity contribution in [3.63, 3.8) is 0 Å². The van der Waals surface area contributed by atoms with E-state index in [2.05, 4.69) is 15.2 Å². The third-order valence-corrected chi connectivity index (χ3v) is 10.6. The zero-order chi connectivity index (χ0) is 28.9. The zero-order valence-corrected chi connectivity index (χ0v) is 25.9. The fourth-order valence-corrected chi connectivity index (χ4v) is 8.18. The maximum Gasteiger partial charge on any atom is 0.304 e. The van der Waals surface area contributed by atoms with Gasteiger partial charge in [0, 0.05) is 38.1 Å². The number of hydrogen-bond acceptors (Lipinski definition) is 6. The van der Waals surface area contributed by atoms with E-state index in [4.69, 9.17) is 0 Å². The Morgan fingerprint density at radius 3 is 2.63 bits per heavy atom. The van der Waals surface area contributed by atoms with Crippen LogP contribution in [0.1, 0.15) is 67.3 Å². The summed E-state index contributed by atoms with van der Waals surface area (Å²) in [7, 11) is -3.73. The number of fused-ring (bicyclic) bond motifs is 4. The molecule has 1 aromatic heterocycles. The maximum atomic E-state index is 14.0. The van der Waals surface area contributed by atoms with Gasteiger partial charge in [0.2, 0.25) is 10.0 Å². The van der Waals surface area contributed by atoms with Crippen LogP contribution in [0.3, 0.4) is 0 Å². The van der Waals surface area contributed by atoms with Crippen molar-refractivity contribution in [2.45, 2.75) is 77.4 Å². The summed E-state index contributed by atoms with van der Waals surface area (Å²) in [5.74, 6) is -1.32. The average molecular weight is 624 g/mol. The maximum absolute atomic E-state index is 14.0. The van der Waals surface area contributed by atoms with E-state index in [0.717, 1.165) is 63.9 Å². The van der Waals surface area contributed by atoms with Crippen molar-refractivity contribution in [1.29, 1.82) is 0 Å². The summed E-state index contributed by atoms with van der Waals surface area (Å²) >= 11 is 0. The first-order valence-corrected chi connectivity index (χ1v) is 15.6. The van der Waals surface area contributed by atoms with Crippen LogP contribution in [0.5, 0.6) is 0 Å². The van der Waals surface area contributed by atoms with E-state index in [1.165, 1.54) is 0 Å². The van der Waals surface area contributed by atoms with Crippen LogP contribution in [-0.4, -0.2) is 57.9 Å². The summed E-state index contributed by atoms with van der Waals surface area (Å²) in [6, 6.07) is 17.3. The van der Waals surface area contributed by atoms with Crippen LogP contribution in [-0.2, 0) is 27.9 Å². The third-order valence-electron chi connectivity index (χ3n) is 8.74. The smallest absolute Gasteiger partial charge is 0.304 e. The monoisotopic (exact) mass is 623 g/mol. The minimum atomic E-state index is -3.73. The zero-order valence-electron chi connectivity index (χ0n) is 24.1. The molecule has 2 aliphatic heterocycles. The summed E-state index contributed by atoms with van der Waals surface area (Å²) in [6.07, 6.45) is 1.89. The molecule has 6 rings (SSSR count). The summed E-state index contributed by atoms with van der Waals surface area (Å²) in [5, 5.41) is 18.5. The van der Waals surface area contributed by atoms with Gasteiger partial charge in [0.1, 0.15) is 10.4 Å². The summed E-state index contributed by atoms with van der Waals surface area (Å²) in [4.78, 5) is 14.7. The Bertz CT molecular complexity index is 1750. The van der Waals surface area contributed by atoms with Gasteiger partial charge >= 0.3 is 5.97 Å². The number of carboxylic acids is 1. The molecule has 3 aromatic carbocycles. The van der Waals surface area contributed by atoms with Crippen molar-refractivity contribution in [3.8, 4) is 0 Å². The van der Waals surface area contributed by atoms with E-state index >= 15 is 0 Å². The highest BCUT2D eigenvalue weighted by atomic mass is 32.2. The second-order valence-electron chi connectivity index (χ2n) is 11.1. The van der Waals surface area contributed by atoms with Gasteiger partial charge in [0.25, 0.3) is 0 Å². The highest BCUT2D eigenvalue weighted by molar-refractivity contribution is 7.89. The molecule has 2 atom stereocenters. The third kappa shape index (κ3) is 5.77. The Kier molecular flexibility index (Phi) is 9.58. The van der Waals surface area contributed by atoms with Gasteiger partial charge in [-0.2, -0.15) is 17.8 Å².